The van der Waals surface area contributed by atoms with Crippen molar-refractivity contribution in [1.29, 1.82) is 0 Å². The first-order chi connectivity index (χ1) is 14.3. The van der Waals surface area contributed by atoms with E-state index in [1.807, 2.05) is 6.92 Å². The number of hydrogen-bond donors (Lipinski definition) is 1. The topological polar surface area (TPSA) is 94.2 Å². The summed E-state index contributed by atoms with van der Waals surface area (Å²) in [6.45, 7) is 2.40. The average Bonchev–Trinajstić information content (AvgIpc) is 2.75. The first-order valence-electron chi connectivity index (χ1n) is 9.51. The van der Waals surface area contributed by atoms with Crippen LogP contribution in [0.2, 0.25) is 0 Å². The fourth-order valence-corrected chi connectivity index (χ4v) is 3.42. The Kier molecular flexibility index (Phi) is 8.49. The number of carbonyl (C=O) groups excluding carboxylic acids is 1. The van der Waals surface area contributed by atoms with Crippen LogP contribution in [-0.2, 0) is 14.8 Å². The molecular weight excluding hydrogens is 408 g/mol. The molecule has 1 atom stereocenters. The van der Waals surface area contributed by atoms with Gasteiger partial charge in [-0.15, -0.1) is 0 Å². The Balaban J connectivity index is 1.80. The van der Waals surface area contributed by atoms with Gasteiger partial charge < -0.3 is 19.5 Å². The van der Waals surface area contributed by atoms with Gasteiger partial charge in [-0.2, -0.15) is 0 Å². The third kappa shape index (κ3) is 6.36. The van der Waals surface area contributed by atoms with E-state index >= 15 is 0 Å². The van der Waals surface area contributed by atoms with Crippen molar-refractivity contribution in [1.82, 2.24) is 9.62 Å². The molecule has 0 unspecified atom stereocenters. The zero-order valence-corrected chi connectivity index (χ0v) is 18.4. The van der Waals surface area contributed by atoms with Crippen molar-refractivity contribution < 1.29 is 27.4 Å². The third-order valence-corrected chi connectivity index (χ3v) is 6.10. The predicted octanol–water partition coefficient (Wildman–Crippen LogP) is 2.30. The zero-order valence-electron chi connectivity index (χ0n) is 17.6. The number of amides is 1. The van der Waals surface area contributed by atoms with E-state index in [4.69, 9.17) is 14.2 Å². The molecule has 2 aromatic rings. The summed E-state index contributed by atoms with van der Waals surface area (Å²) in [5, 5.41) is 2.78. The van der Waals surface area contributed by atoms with E-state index < -0.39 is 16.1 Å². The molecule has 0 aliphatic heterocycles. The van der Waals surface area contributed by atoms with E-state index in [-0.39, 0.29) is 17.4 Å². The number of methoxy groups -OCH3 is 1. The summed E-state index contributed by atoms with van der Waals surface area (Å²) in [6.07, 6.45) is -0.102. The summed E-state index contributed by atoms with van der Waals surface area (Å²) in [4.78, 5) is 12.5. The van der Waals surface area contributed by atoms with Gasteiger partial charge in [0.1, 0.15) is 23.9 Å². The number of sulfonamides is 1. The van der Waals surface area contributed by atoms with Gasteiger partial charge in [0.2, 0.25) is 10.0 Å². The molecule has 2 rings (SSSR count). The van der Waals surface area contributed by atoms with Crippen molar-refractivity contribution in [2.24, 2.45) is 0 Å². The Bertz CT molecular complexity index is 912. The van der Waals surface area contributed by atoms with Crippen LogP contribution in [0.4, 0.5) is 0 Å². The molecule has 0 bridgehead atoms. The normalized spacial score (nSPS) is 12.3. The second kappa shape index (κ2) is 10.8. The second-order valence-electron chi connectivity index (χ2n) is 6.59. The van der Waals surface area contributed by atoms with E-state index in [1.54, 1.807) is 43.5 Å². The number of hydrogen-bond acceptors (Lipinski definition) is 6. The molecule has 1 N–H and O–H groups in total. The Morgan fingerprint density at radius 3 is 2.10 bits per heavy atom. The maximum absolute atomic E-state index is 12.3. The fourth-order valence-electron chi connectivity index (χ4n) is 2.52. The molecular formula is C21H28N2O6S. The maximum atomic E-state index is 12.3. The van der Waals surface area contributed by atoms with Gasteiger partial charge in [0.15, 0.2) is 6.10 Å². The summed E-state index contributed by atoms with van der Waals surface area (Å²) in [5.74, 6) is 1.58. The van der Waals surface area contributed by atoms with Gasteiger partial charge in [0.05, 0.1) is 18.6 Å². The van der Waals surface area contributed by atoms with Crippen molar-refractivity contribution in [2.45, 2.75) is 24.3 Å². The minimum absolute atomic E-state index is 0.189. The Morgan fingerprint density at radius 2 is 1.57 bits per heavy atom. The van der Waals surface area contributed by atoms with Gasteiger partial charge in [-0.1, -0.05) is 6.92 Å². The lowest BCUT2D eigenvalue weighted by atomic mass is 10.2. The van der Waals surface area contributed by atoms with Crippen LogP contribution in [-0.4, -0.2) is 59.1 Å². The van der Waals surface area contributed by atoms with Crippen molar-refractivity contribution in [3.63, 3.8) is 0 Å². The number of rotatable bonds is 11. The van der Waals surface area contributed by atoms with E-state index in [0.29, 0.717) is 30.2 Å². The van der Waals surface area contributed by atoms with Gasteiger partial charge in [0, 0.05) is 14.1 Å². The molecule has 30 heavy (non-hydrogen) atoms. The predicted molar refractivity (Wildman–Crippen MR) is 114 cm³/mol. The number of benzene rings is 2. The van der Waals surface area contributed by atoms with E-state index in [1.165, 1.54) is 26.2 Å². The summed E-state index contributed by atoms with van der Waals surface area (Å²) >= 11 is 0. The lowest BCUT2D eigenvalue weighted by Gasteiger charge is -2.17. The molecule has 8 nitrogen and oxygen atoms in total. The molecule has 0 radical (unpaired) electrons. The van der Waals surface area contributed by atoms with E-state index in [0.717, 1.165) is 4.31 Å². The molecule has 0 spiro atoms. The number of carbonyl (C=O) groups is 1. The first kappa shape index (κ1) is 23.5. The van der Waals surface area contributed by atoms with Gasteiger partial charge in [-0.3, -0.25) is 4.79 Å². The molecule has 0 saturated heterocycles. The van der Waals surface area contributed by atoms with Crippen LogP contribution in [0.25, 0.3) is 0 Å². The van der Waals surface area contributed by atoms with Crippen molar-refractivity contribution in [2.75, 3.05) is 34.4 Å². The summed E-state index contributed by atoms with van der Waals surface area (Å²) in [5.41, 5.74) is 0. The highest BCUT2D eigenvalue weighted by Gasteiger charge is 2.18. The van der Waals surface area contributed by atoms with Gasteiger partial charge >= 0.3 is 0 Å². The second-order valence-corrected chi connectivity index (χ2v) is 8.74. The van der Waals surface area contributed by atoms with Crippen molar-refractivity contribution >= 4 is 15.9 Å². The minimum Gasteiger partial charge on any atom is -0.497 e. The van der Waals surface area contributed by atoms with E-state index in [2.05, 4.69) is 5.32 Å². The molecule has 0 saturated carbocycles. The smallest absolute Gasteiger partial charge is 0.261 e. The van der Waals surface area contributed by atoms with Crippen LogP contribution in [0, 0.1) is 0 Å². The molecule has 9 heteroatoms. The molecule has 0 fully saturated rings. The molecule has 2 aromatic carbocycles. The average molecular weight is 437 g/mol. The lowest BCUT2D eigenvalue weighted by molar-refractivity contribution is -0.128. The Labute approximate surface area is 177 Å². The van der Waals surface area contributed by atoms with Crippen LogP contribution in [0.5, 0.6) is 17.2 Å². The van der Waals surface area contributed by atoms with Crippen LogP contribution < -0.4 is 19.5 Å². The summed E-state index contributed by atoms with van der Waals surface area (Å²) in [6, 6.07) is 13.2. The molecule has 164 valence electrons. The van der Waals surface area contributed by atoms with Gasteiger partial charge in [-0.25, -0.2) is 12.7 Å². The molecule has 0 aliphatic carbocycles. The third-order valence-electron chi connectivity index (χ3n) is 4.27. The summed E-state index contributed by atoms with van der Waals surface area (Å²) in [7, 11) is 1.06. The number of nitrogens with one attached hydrogen (secondary N) is 1. The quantitative estimate of drug-likeness (QED) is 0.543. The number of nitrogens with zero attached hydrogens (tertiary/aromatic N) is 1. The Morgan fingerprint density at radius 1 is 1.00 bits per heavy atom. The van der Waals surface area contributed by atoms with Crippen LogP contribution in [0.3, 0.4) is 0 Å². The standard InChI is InChI=1S/C21H28N2O6S/c1-5-20(29-18-8-6-16(27-4)7-9-18)21(24)22-14-15-28-17-10-12-19(13-11-17)30(25,26)23(2)3/h6-13,20H,5,14-15H2,1-4H3,(H,22,24)/t20-/m1/s1. The highest BCUT2D eigenvalue weighted by Crippen LogP contribution is 2.19. The van der Waals surface area contributed by atoms with Crippen LogP contribution in [0.1, 0.15) is 13.3 Å². The first-order valence-corrected chi connectivity index (χ1v) is 11.0. The van der Waals surface area contributed by atoms with Crippen LogP contribution >= 0.6 is 0 Å². The molecule has 0 aliphatic rings. The highest BCUT2D eigenvalue weighted by atomic mass is 32.2. The molecule has 0 aromatic heterocycles. The van der Waals surface area contributed by atoms with Crippen molar-refractivity contribution in [3.8, 4) is 17.2 Å². The lowest BCUT2D eigenvalue weighted by Crippen LogP contribution is -2.39. The maximum Gasteiger partial charge on any atom is 0.261 e. The minimum atomic E-state index is -3.47. The molecule has 1 amide bonds. The summed E-state index contributed by atoms with van der Waals surface area (Å²) < 4.78 is 41.7. The van der Waals surface area contributed by atoms with Crippen molar-refractivity contribution in [3.05, 3.63) is 48.5 Å². The highest BCUT2D eigenvalue weighted by molar-refractivity contribution is 7.89. The van der Waals surface area contributed by atoms with Gasteiger partial charge in [0.25, 0.3) is 5.91 Å². The molecule has 0 heterocycles. The Hall–Kier alpha value is -2.78. The van der Waals surface area contributed by atoms with Gasteiger partial charge in [-0.05, 0) is 55.0 Å². The van der Waals surface area contributed by atoms with Crippen LogP contribution in [0.15, 0.2) is 53.4 Å². The number of ether oxygens (including phenoxy) is 3. The zero-order chi connectivity index (χ0) is 22.1. The monoisotopic (exact) mass is 436 g/mol. The largest absolute Gasteiger partial charge is 0.497 e. The van der Waals surface area contributed by atoms with E-state index in [9.17, 15) is 13.2 Å². The SMILES string of the molecule is CC[C@@H](Oc1ccc(OC)cc1)C(=O)NCCOc1ccc(S(=O)(=O)N(C)C)cc1. The fraction of sp³-hybridized carbons (Fsp3) is 0.381.